The van der Waals surface area contributed by atoms with Gasteiger partial charge in [-0.05, 0) is 80.8 Å². The number of anilines is 1. The number of amides is 1. The van der Waals surface area contributed by atoms with Crippen LogP contribution in [0.4, 0.5) is 5.69 Å². The lowest BCUT2D eigenvalue weighted by Crippen LogP contribution is -2.31. The number of thioether (sulfide) groups is 1. The van der Waals surface area contributed by atoms with Gasteiger partial charge in [0.2, 0.25) is 0 Å². The number of amidine groups is 1. The van der Waals surface area contributed by atoms with Crippen molar-refractivity contribution < 1.29 is 19.1 Å². The first kappa shape index (κ1) is 27.4. The SMILES string of the molecule is COCCn1c(C)cc(C(=O)CSC2=N/C(=C\c3ccc(OC)cc3)C(=O)N2c2cc(C)cc(C)c2)c1C. The van der Waals surface area contributed by atoms with Crippen LogP contribution in [0.2, 0.25) is 0 Å². The van der Waals surface area contributed by atoms with Gasteiger partial charge in [-0.25, -0.2) is 4.99 Å². The van der Waals surface area contributed by atoms with Gasteiger partial charge in [-0.15, -0.1) is 0 Å². The number of nitrogens with zero attached hydrogens (tertiary/aromatic N) is 3. The largest absolute Gasteiger partial charge is 0.497 e. The first-order chi connectivity index (χ1) is 18.2. The third kappa shape index (κ3) is 5.92. The molecule has 0 N–H and O–H groups in total. The van der Waals surface area contributed by atoms with Crippen molar-refractivity contribution in [1.29, 1.82) is 0 Å². The maximum absolute atomic E-state index is 13.6. The Kier molecular flexibility index (Phi) is 8.54. The summed E-state index contributed by atoms with van der Waals surface area (Å²) in [6, 6.07) is 15.3. The summed E-state index contributed by atoms with van der Waals surface area (Å²) in [7, 11) is 3.28. The van der Waals surface area contributed by atoms with Gasteiger partial charge in [-0.2, -0.15) is 0 Å². The molecule has 2 heterocycles. The summed E-state index contributed by atoms with van der Waals surface area (Å²) in [6.07, 6.45) is 1.76. The zero-order valence-corrected chi connectivity index (χ0v) is 23.5. The van der Waals surface area contributed by atoms with Crippen molar-refractivity contribution in [3.8, 4) is 5.75 Å². The van der Waals surface area contributed by atoms with Gasteiger partial charge in [0.15, 0.2) is 11.0 Å². The highest BCUT2D eigenvalue weighted by Crippen LogP contribution is 2.31. The van der Waals surface area contributed by atoms with Crippen LogP contribution in [0.25, 0.3) is 6.08 Å². The lowest BCUT2D eigenvalue weighted by atomic mass is 10.1. The predicted molar refractivity (Wildman–Crippen MR) is 154 cm³/mol. The fourth-order valence-corrected chi connectivity index (χ4v) is 5.47. The zero-order chi connectivity index (χ0) is 27.4. The van der Waals surface area contributed by atoms with Crippen molar-refractivity contribution >= 4 is 40.4 Å². The van der Waals surface area contributed by atoms with E-state index in [4.69, 9.17) is 9.47 Å². The van der Waals surface area contributed by atoms with Crippen molar-refractivity contribution in [2.24, 2.45) is 4.99 Å². The lowest BCUT2D eigenvalue weighted by Gasteiger charge is -2.19. The molecule has 198 valence electrons. The number of ether oxygens (including phenoxy) is 2. The summed E-state index contributed by atoms with van der Waals surface area (Å²) in [5, 5.41) is 0.487. The topological polar surface area (TPSA) is 73.1 Å². The highest BCUT2D eigenvalue weighted by molar-refractivity contribution is 8.14. The molecule has 2 aromatic carbocycles. The number of Topliss-reactive ketones (excluding diaryl/α,β-unsaturated/α-hetero) is 1. The number of carbonyl (C=O) groups is 2. The summed E-state index contributed by atoms with van der Waals surface area (Å²) >= 11 is 1.28. The molecule has 0 radical (unpaired) electrons. The van der Waals surface area contributed by atoms with Gasteiger partial charge in [0.1, 0.15) is 11.4 Å². The normalized spacial score (nSPS) is 14.4. The summed E-state index contributed by atoms with van der Waals surface area (Å²) in [6.45, 7) is 9.21. The van der Waals surface area contributed by atoms with E-state index in [1.54, 1.807) is 25.2 Å². The Bertz CT molecular complexity index is 1400. The summed E-state index contributed by atoms with van der Waals surface area (Å²) in [5.74, 6) is 0.674. The number of aryl methyl sites for hydroxylation is 3. The highest BCUT2D eigenvalue weighted by atomic mass is 32.2. The Morgan fingerprint density at radius 1 is 1.00 bits per heavy atom. The number of carbonyl (C=O) groups excluding carboxylic acids is 2. The van der Waals surface area contributed by atoms with E-state index >= 15 is 0 Å². The zero-order valence-electron chi connectivity index (χ0n) is 22.7. The monoisotopic (exact) mass is 531 g/mol. The third-order valence-corrected chi connectivity index (χ3v) is 7.38. The Hall–Kier alpha value is -3.62. The minimum atomic E-state index is -0.224. The van der Waals surface area contributed by atoms with Crippen molar-refractivity contribution in [3.63, 3.8) is 0 Å². The first-order valence-corrected chi connectivity index (χ1v) is 13.4. The third-order valence-electron chi connectivity index (χ3n) is 6.44. The lowest BCUT2D eigenvalue weighted by molar-refractivity contribution is -0.113. The van der Waals surface area contributed by atoms with E-state index in [0.717, 1.165) is 39.5 Å². The maximum Gasteiger partial charge on any atom is 0.283 e. The Morgan fingerprint density at radius 3 is 2.32 bits per heavy atom. The van der Waals surface area contributed by atoms with E-state index < -0.39 is 0 Å². The minimum Gasteiger partial charge on any atom is -0.497 e. The van der Waals surface area contributed by atoms with Gasteiger partial charge >= 0.3 is 0 Å². The second-order valence-electron chi connectivity index (χ2n) is 9.32. The van der Waals surface area contributed by atoms with E-state index in [1.165, 1.54) is 11.8 Å². The molecule has 0 aliphatic carbocycles. The van der Waals surface area contributed by atoms with Crippen LogP contribution in [0.5, 0.6) is 5.75 Å². The number of aliphatic imine (C=N–C) groups is 1. The van der Waals surface area contributed by atoms with Crippen LogP contribution in [-0.2, 0) is 16.1 Å². The van der Waals surface area contributed by atoms with Gasteiger partial charge in [-0.1, -0.05) is 30.0 Å². The molecule has 38 heavy (non-hydrogen) atoms. The summed E-state index contributed by atoms with van der Waals surface area (Å²) in [5.41, 5.74) is 6.61. The van der Waals surface area contributed by atoms with E-state index in [9.17, 15) is 9.59 Å². The van der Waals surface area contributed by atoms with Gasteiger partial charge in [0, 0.05) is 30.6 Å². The van der Waals surface area contributed by atoms with Crippen molar-refractivity contribution in [2.75, 3.05) is 31.5 Å². The highest BCUT2D eigenvalue weighted by Gasteiger charge is 2.33. The average molecular weight is 532 g/mol. The summed E-state index contributed by atoms with van der Waals surface area (Å²) < 4.78 is 12.5. The number of hydrogen-bond donors (Lipinski definition) is 0. The second kappa shape index (κ2) is 11.8. The quantitative estimate of drug-likeness (QED) is 0.260. The van der Waals surface area contributed by atoms with Crippen LogP contribution in [0.15, 0.2) is 59.2 Å². The molecule has 0 bridgehead atoms. The second-order valence-corrected chi connectivity index (χ2v) is 10.3. The van der Waals surface area contributed by atoms with Crippen molar-refractivity contribution in [1.82, 2.24) is 4.57 Å². The van der Waals surface area contributed by atoms with E-state index in [2.05, 4.69) is 15.6 Å². The molecule has 0 spiro atoms. The fraction of sp³-hybridized carbons (Fsp3) is 0.300. The Labute approximate surface area is 228 Å². The van der Waals surface area contributed by atoms with Crippen LogP contribution in [-0.4, -0.2) is 48.0 Å². The molecule has 0 atom stereocenters. The minimum absolute atomic E-state index is 0.00475. The Balaban J connectivity index is 1.63. The number of benzene rings is 2. The van der Waals surface area contributed by atoms with Gasteiger partial charge in [0.05, 0.1) is 25.2 Å². The van der Waals surface area contributed by atoms with Crippen LogP contribution in [0.3, 0.4) is 0 Å². The van der Waals surface area contributed by atoms with Gasteiger partial charge in [0.25, 0.3) is 5.91 Å². The van der Waals surface area contributed by atoms with Gasteiger partial charge < -0.3 is 14.0 Å². The molecule has 4 rings (SSSR count). The number of aromatic nitrogens is 1. The molecular weight excluding hydrogens is 498 g/mol. The Morgan fingerprint density at radius 2 is 1.68 bits per heavy atom. The van der Waals surface area contributed by atoms with Crippen LogP contribution in [0.1, 0.15) is 38.4 Å². The number of hydrogen-bond acceptors (Lipinski definition) is 6. The predicted octanol–water partition coefficient (Wildman–Crippen LogP) is 5.74. The molecule has 0 unspecified atom stereocenters. The molecule has 1 aliphatic rings. The number of methoxy groups -OCH3 is 2. The molecule has 0 fully saturated rings. The first-order valence-electron chi connectivity index (χ1n) is 12.4. The fourth-order valence-electron chi connectivity index (χ4n) is 4.58. The molecule has 1 amide bonds. The molecule has 1 aliphatic heterocycles. The summed E-state index contributed by atoms with van der Waals surface area (Å²) in [4.78, 5) is 33.2. The van der Waals surface area contributed by atoms with E-state index in [0.29, 0.717) is 29.6 Å². The molecule has 8 heteroatoms. The van der Waals surface area contributed by atoms with E-state index in [1.807, 2.05) is 70.2 Å². The van der Waals surface area contributed by atoms with Crippen LogP contribution in [0, 0.1) is 27.7 Å². The maximum atomic E-state index is 13.6. The standard InChI is InChI=1S/C30H33N3O4S/c1-19-13-20(2)15-24(14-19)33-29(35)27(17-23-7-9-25(37-6)10-8-23)31-30(33)38-18-28(34)26-16-21(3)32(22(26)4)11-12-36-5/h7-10,13-17H,11-12,18H2,1-6H3/b27-17-. The molecule has 0 saturated heterocycles. The van der Waals surface area contributed by atoms with E-state index in [-0.39, 0.29) is 17.4 Å². The number of rotatable bonds is 9. The molecule has 3 aromatic rings. The van der Waals surface area contributed by atoms with Crippen molar-refractivity contribution in [3.05, 3.63) is 87.9 Å². The van der Waals surface area contributed by atoms with Crippen LogP contribution < -0.4 is 9.64 Å². The van der Waals surface area contributed by atoms with Crippen LogP contribution >= 0.6 is 11.8 Å². The average Bonchev–Trinajstić information content (AvgIpc) is 3.35. The smallest absolute Gasteiger partial charge is 0.283 e. The van der Waals surface area contributed by atoms with Crippen molar-refractivity contribution in [2.45, 2.75) is 34.2 Å². The number of ketones is 1. The molecule has 0 saturated carbocycles. The molecule has 7 nitrogen and oxygen atoms in total. The molecule has 1 aromatic heterocycles. The molecular formula is C30H33N3O4S. The van der Waals surface area contributed by atoms with Gasteiger partial charge in [-0.3, -0.25) is 14.5 Å².